The molecule has 1 aromatic rings. The number of nitrogens with zero attached hydrogens (tertiary/aromatic N) is 3. The molecule has 1 aliphatic rings. The molecule has 1 fully saturated rings. The smallest absolute Gasteiger partial charge is 0.309 e. The highest BCUT2D eigenvalue weighted by molar-refractivity contribution is 5.75. The minimum Gasteiger partial charge on any atom is -0.493 e. The molecule has 0 amide bonds. The normalized spacial score (nSPS) is 21.5. The molecule has 0 unspecified atom stereocenters. The van der Waals surface area contributed by atoms with E-state index in [0.717, 1.165) is 5.56 Å². The second-order valence-electron chi connectivity index (χ2n) is 9.36. The van der Waals surface area contributed by atoms with Crippen molar-refractivity contribution in [1.82, 2.24) is 0 Å². The summed E-state index contributed by atoms with van der Waals surface area (Å²) in [6.07, 6.45) is 1.96. The van der Waals surface area contributed by atoms with E-state index in [1.165, 1.54) is 0 Å². The van der Waals surface area contributed by atoms with E-state index >= 15 is 0 Å². The average molecular weight is 465 g/mol. The van der Waals surface area contributed by atoms with Crippen LogP contribution in [0.15, 0.2) is 23.3 Å². The van der Waals surface area contributed by atoms with Gasteiger partial charge in [0.2, 0.25) is 0 Å². The van der Waals surface area contributed by atoms with Crippen molar-refractivity contribution >= 4 is 5.97 Å². The van der Waals surface area contributed by atoms with E-state index in [1.807, 2.05) is 19.9 Å². The van der Waals surface area contributed by atoms with Gasteiger partial charge in [-0.25, -0.2) is 0 Å². The lowest BCUT2D eigenvalue weighted by molar-refractivity contribution is -0.145. The summed E-state index contributed by atoms with van der Waals surface area (Å²) in [7, 11) is -0.989. The van der Waals surface area contributed by atoms with Crippen LogP contribution < -0.4 is 9.47 Å². The SMILES string of the molecule is [2H]C([2H])([2H])Oc1ccc(C[C@@H](C[C@H](N=[N+]=[N-])[C@@H]2C[C@@H](C(C)C)C(=O)O2)C(C)C)cc1OCCCOC. The number of hydrogen-bond donors (Lipinski definition) is 0. The van der Waals surface area contributed by atoms with E-state index in [4.69, 9.17) is 23.1 Å². The van der Waals surface area contributed by atoms with E-state index in [1.54, 1.807) is 19.2 Å². The lowest BCUT2D eigenvalue weighted by Gasteiger charge is -2.27. The van der Waals surface area contributed by atoms with E-state index in [-0.39, 0.29) is 35.4 Å². The number of ether oxygens (including phenoxy) is 4. The molecule has 8 heteroatoms. The Morgan fingerprint density at radius 2 is 2.06 bits per heavy atom. The van der Waals surface area contributed by atoms with Gasteiger partial charge in [-0.15, -0.1) is 0 Å². The zero-order valence-electron chi connectivity index (χ0n) is 23.3. The van der Waals surface area contributed by atoms with Crippen LogP contribution in [-0.2, 0) is 20.7 Å². The van der Waals surface area contributed by atoms with E-state index < -0.39 is 19.2 Å². The topological polar surface area (TPSA) is 103 Å². The highest BCUT2D eigenvalue weighted by atomic mass is 16.6. The number of hydrogen-bond acceptors (Lipinski definition) is 6. The maximum absolute atomic E-state index is 12.3. The lowest BCUT2D eigenvalue weighted by Crippen LogP contribution is -2.29. The van der Waals surface area contributed by atoms with Crippen LogP contribution in [0.4, 0.5) is 0 Å². The van der Waals surface area contributed by atoms with Crippen molar-refractivity contribution in [2.24, 2.45) is 28.8 Å². The Labute approximate surface area is 201 Å². The molecule has 1 saturated heterocycles. The third-order valence-corrected chi connectivity index (χ3v) is 6.34. The summed E-state index contributed by atoms with van der Waals surface area (Å²) in [4.78, 5) is 15.3. The van der Waals surface area contributed by atoms with Gasteiger partial charge in [0.1, 0.15) is 6.10 Å². The van der Waals surface area contributed by atoms with Gasteiger partial charge in [0.25, 0.3) is 0 Å². The van der Waals surface area contributed by atoms with Crippen molar-refractivity contribution < 1.29 is 27.9 Å². The van der Waals surface area contributed by atoms with Crippen molar-refractivity contribution in [2.75, 3.05) is 27.4 Å². The highest BCUT2D eigenvalue weighted by Crippen LogP contribution is 2.35. The summed E-state index contributed by atoms with van der Waals surface area (Å²) < 4.78 is 44.0. The maximum atomic E-state index is 12.3. The second kappa shape index (κ2) is 13.3. The summed E-state index contributed by atoms with van der Waals surface area (Å²) in [6, 6.07) is 4.78. The molecule has 1 aromatic carbocycles. The molecule has 0 radical (unpaired) electrons. The van der Waals surface area contributed by atoms with Gasteiger partial charge >= 0.3 is 5.97 Å². The van der Waals surface area contributed by atoms with Gasteiger partial charge in [-0.3, -0.25) is 4.79 Å². The lowest BCUT2D eigenvalue weighted by atomic mass is 9.82. The Hall–Kier alpha value is -2.44. The Balaban J connectivity index is 2.21. The standard InChI is InChI=1S/C25H39N3O5/c1-16(2)19(14-21(27-28-26)23-15-20(17(3)4)25(29)33-23)12-18-8-9-22(31-6)24(13-18)32-11-7-10-30-5/h8-9,13,16-17,19-21,23H,7,10-12,14-15H2,1-6H3/t19-,20-,21-,23-/m0/s1/i6D3. The zero-order chi connectivity index (χ0) is 26.9. The van der Waals surface area contributed by atoms with Gasteiger partial charge in [0.15, 0.2) is 11.5 Å². The summed E-state index contributed by atoms with van der Waals surface area (Å²) in [5.74, 6) is 0.631. The molecule has 2 rings (SSSR count). The van der Waals surface area contributed by atoms with Crippen LogP contribution in [0.1, 0.15) is 56.6 Å². The number of carbonyl (C=O) groups excluding carboxylic acids is 1. The average Bonchev–Trinajstić information content (AvgIpc) is 3.18. The summed E-state index contributed by atoms with van der Waals surface area (Å²) in [5.41, 5.74) is 10.1. The largest absolute Gasteiger partial charge is 0.493 e. The van der Waals surface area contributed by atoms with Crippen molar-refractivity contribution in [2.45, 2.75) is 65.5 Å². The maximum Gasteiger partial charge on any atom is 0.309 e. The molecule has 0 aromatic heterocycles. The van der Waals surface area contributed by atoms with Crippen molar-refractivity contribution in [3.8, 4) is 11.5 Å². The predicted octanol–water partition coefficient (Wildman–Crippen LogP) is 5.58. The fourth-order valence-corrected chi connectivity index (χ4v) is 4.22. The van der Waals surface area contributed by atoms with Gasteiger partial charge < -0.3 is 18.9 Å². The van der Waals surface area contributed by atoms with Gasteiger partial charge in [-0.05, 0) is 60.2 Å². The first-order valence-electron chi connectivity index (χ1n) is 13.1. The summed E-state index contributed by atoms with van der Waals surface area (Å²) in [6.45, 7) is 9.05. The Morgan fingerprint density at radius 1 is 1.27 bits per heavy atom. The number of methoxy groups -OCH3 is 2. The molecule has 0 aliphatic carbocycles. The van der Waals surface area contributed by atoms with Crippen LogP contribution in [0, 0.1) is 23.7 Å². The van der Waals surface area contributed by atoms with E-state index in [9.17, 15) is 10.3 Å². The van der Waals surface area contributed by atoms with Crippen LogP contribution in [0.2, 0.25) is 0 Å². The first-order valence-corrected chi connectivity index (χ1v) is 11.6. The first-order chi connectivity index (χ1) is 16.9. The Morgan fingerprint density at radius 3 is 2.67 bits per heavy atom. The molecule has 1 heterocycles. The third-order valence-electron chi connectivity index (χ3n) is 6.34. The van der Waals surface area contributed by atoms with Gasteiger partial charge in [0, 0.05) is 25.0 Å². The number of rotatable bonds is 14. The van der Waals surface area contributed by atoms with E-state index in [2.05, 4.69) is 23.9 Å². The number of esters is 1. The highest BCUT2D eigenvalue weighted by Gasteiger charge is 2.40. The van der Waals surface area contributed by atoms with E-state index in [0.29, 0.717) is 44.6 Å². The first kappa shape index (κ1) is 22.4. The van der Waals surface area contributed by atoms with Gasteiger partial charge in [-0.2, -0.15) is 0 Å². The third kappa shape index (κ3) is 7.83. The molecule has 1 aliphatic heterocycles. The molecule has 0 N–H and O–H groups in total. The van der Waals surface area contributed by atoms with Gasteiger partial charge in [-0.1, -0.05) is 38.9 Å². The minimum atomic E-state index is -2.60. The molecule has 4 atom stereocenters. The van der Waals surface area contributed by atoms with Crippen LogP contribution >= 0.6 is 0 Å². The molecule has 0 saturated carbocycles. The Bertz CT molecular complexity index is 903. The fourth-order valence-electron chi connectivity index (χ4n) is 4.22. The second-order valence-corrected chi connectivity index (χ2v) is 9.36. The summed E-state index contributed by atoms with van der Waals surface area (Å²) >= 11 is 0. The Kier molecular flexibility index (Phi) is 9.02. The molecular formula is C25H39N3O5. The monoisotopic (exact) mass is 464 g/mol. The predicted molar refractivity (Wildman–Crippen MR) is 127 cm³/mol. The number of azide groups is 1. The molecule has 184 valence electrons. The fraction of sp³-hybridized carbons (Fsp3) is 0.720. The molecule has 33 heavy (non-hydrogen) atoms. The van der Waals surface area contributed by atoms with Gasteiger partial charge in [0.05, 0.1) is 29.7 Å². The van der Waals surface area contributed by atoms with Crippen LogP contribution in [-0.4, -0.2) is 45.5 Å². The molecule has 8 nitrogen and oxygen atoms in total. The quantitative estimate of drug-likeness (QED) is 0.117. The van der Waals surface area contributed by atoms with Crippen molar-refractivity contribution in [1.29, 1.82) is 0 Å². The van der Waals surface area contributed by atoms with Crippen molar-refractivity contribution in [3.05, 3.63) is 34.2 Å². The number of carbonyl (C=O) groups is 1. The summed E-state index contributed by atoms with van der Waals surface area (Å²) in [5, 5.41) is 4.01. The molecule has 0 spiro atoms. The number of benzene rings is 1. The minimum absolute atomic E-state index is 0.119. The van der Waals surface area contributed by atoms with Crippen LogP contribution in [0.5, 0.6) is 11.5 Å². The molecular weight excluding hydrogens is 422 g/mol. The number of cyclic esters (lactones) is 1. The molecule has 0 bridgehead atoms. The van der Waals surface area contributed by atoms with Crippen LogP contribution in [0.3, 0.4) is 0 Å². The van der Waals surface area contributed by atoms with Crippen molar-refractivity contribution in [3.63, 3.8) is 0 Å². The van der Waals surface area contributed by atoms with Crippen LogP contribution in [0.25, 0.3) is 10.4 Å². The zero-order valence-corrected chi connectivity index (χ0v) is 20.3.